The van der Waals surface area contributed by atoms with Crippen molar-refractivity contribution in [2.45, 2.75) is 13.8 Å². The van der Waals surface area contributed by atoms with E-state index in [0.29, 0.717) is 21.8 Å². The van der Waals surface area contributed by atoms with Crippen molar-refractivity contribution >= 4 is 34.9 Å². The number of amides is 1. The van der Waals surface area contributed by atoms with E-state index in [9.17, 15) is 14.4 Å². The number of anilines is 1. The fourth-order valence-electron chi connectivity index (χ4n) is 1.91. The predicted octanol–water partition coefficient (Wildman–Crippen LogP) is 3.97. The van der Waals surface area contributed by atoms with Gasteiger partial charge < -0.3 is 10.1 Å². The minimum atomic E-state index is -0.592. The molecule has 2 rings (SSSR count). The molecule has 0 radical (unpaired) electrons. The molecule has 6 heteroatoms. The van der Waals surface area contributed by atoms with E-state index in [2.05, 4.69) is 5.32 Å². The number of rotatable bonds is 6. The van der Waals surface area contributed by atoms with Crippen molar-refractivity contribution in [3.8, 4) is 0 Å². The second-order valence-electron chi connectivity index (χ2n) is 5.73. The second-order valence-corrected chi connectivity index (χ2v) is 6.16. The maximum Gasteiger partial charge on any atom is 0.338 e. The Balaban J connectivity index is 1.91. The molecule has 1 N–H and O–H groups in total. The van der Waals surface area contributed by atoms with Crippen molar-refractivity contribution in [2.24, 2.45) is 5.92 Å². The third kappa shape index (κ3) is 5.43. The Labute approximate surface area is 150 Å². The minimum Gasteiger partial charge on any atom is -0.454 e. The Morgan fingerprint density at radius 1 is 0.960 bits per heavy atom. The van der Waals surface area contributed by atoms with Gasteiger partial charge in [0.15, 0.2) is 12.4 Å². The number of esters is 1. The molecular weight excluding hydrogens is 342 g/mol. The zero-order valence-corrected chi connectivity index (χ0v) is 14.7. The quantitative estimate of drug-likeness (QED) is 0.625. The molecule has 0 fully saturated rings. The van der Waals surface area contributed by atoms with Gasteiger partial charge in [0.05, 0.1) is 5.56 Å². The fourth-order valence-corrected chi connectivity index (χ4v) is 2.04. The van der Waals surface area contributed by atoms with Crippen LogP contribution in [0.1, 0.15) is 34.6 Å². The summed E-state index contributed by atoms with van der Waals surface area (Å²) in [5, 5.41) is 3.25. The van der Waals surface area contributed by atoms with Crippen LogP contribution in [0.15, 0.2) is 48.5 Å². The summed E-state index contributed by atoms with van der Waals surface area (Å²) in [5.74, 6) is -1.15. The van der Waals surface area contributed by atoms with Crippen molar-refractivity contribution in [3.63, 3.8) is 0 Å². The van der Waals surface area contributed by atoms with Crippen molar-refractivity contribution in [3.05, 3.63) is 64.7 Å². The molecule has 0 unspecified atom stereocenters. The van der Waals surface area contributed by atoms with Gasteiger partial charge in [-0.05, 0) is 48.5 Å². The zero-order chi connectivity index (χ0) is 18.4. The number of Topliss-reactive ketones (excluding diaryl/α,β-unsaturated/α-hetero) is 1. The summed E-state index contributed by atoms with van der Waals surface area (Å²) in [6.45, 7) is 3.23. The maximum absolute atomic E-state index is 12.1. The molecule has 0 saturated heterocycles. The Hall–Kier alpha value is -2.66. The highest BCUT2D eigenvalue weighted by Crippen LogP contribution is 2.13. The third-order valence-electron chi connectivity index (χ3n) is 3.41. The SMILES string of the molecule is CC(C)C(=O)Nc1ccc(C(=O)COC(=O)c2ccc(Cl)cc2)cc1. The zero-order valence-electron chi connectivity index (χ0n) is 13.9. The Morgan fingerprint density at radius 3 is 2.08 bits per heavy atom. The van der Waals surface area contributed by atoms with Gasteiger partial charge in [0.25, 0.3) is 0 Å². The molecule has 0 bridgehead atoms. The van der Waals surface area contributed by atoms with Gasteiger partial charge in [0, 0.05) is 22.2 Å². The number of hydrogen-bond donors (Lipinski definition) is 1. The average molecular weight is 360 g/mol. The van der Waals surface area contributed by atoms with Crippen molar-refractivity contribution in [1.82, 2.24) is 0 Å². The van der Waals surface area contributed by atoms with E-state index in [-0.39, 0.29) is 24.2 Å². The van der Waals surface area contributed by atoms with Crippen LogP contribution in [0.25, 0.3) is 0 Å². The fraction of sp³-hybridized carbons (Fsp3) is 0.211. The number of ketones is 1. The molecule has 2 aromatic rings. The van der Waals surface area contributed by atoms with Gasteiger partial charge in [-0.2, -0.15) is 0 Å². The monoisotopic (exact) mass is 359 g/mol. The molecule has 1 amide bonds. The van der Waals surface area contributed by atoms with E-state index >= 15 is 0 Å². The molecule has 25 heavy (non-hydrogen) atoms. The highest BCUT2D eigenvalue weighted by molar-refractivity contribution is 6.30. The molecule has 0 aliphatic carbocycles. The smallest absolute Gasteiger partial charge is 0.338 e. The molecule has 0 aliphatic rings. The molecule has 0 spiro atoms. The standard InChI is InChI=1S/C19H18ClNO4/c1-12(2)18(23)21-16-9-5-13(6-10-16)17(22)11-25-19(24)14-3-7-15(20)8-4-14/h3-10,12H,11H2,1-2H3,(H,21,23). The lowest BCUT2D eigenvalue weighted by atomic mass is 10.1. The molecule has 0 aromatic heterocycles. The van der Waals surface area contributed by atoms with Crippen LogP contribution < -0.4 is 5.32 Å². The number of carbonyl (C=O) groups excluding carboxylic acids is 3. The van der Waals surface area contributed by atoms with Gasteiger partial charge in [0.2, 0.25) is 5.91 Å². The van der Waals surface area contributed by atoms with E-state index in [0.717, 1.165) is 0 Å². The van der Waals surface area contributed by atoms with Crippen molar-refractivity contribution < 1.29 is 19.1 Å². The number of ether oxygens (including phenoxy) is 1. The molecule has 0 atom stereocenters. The summed E-state index contributed by atoms with van der Waals surface area (Å²) in [4.78, 5) is 35.6. The van der Waals surface area contributed by atoms with Crippen LogP contribution in [0.5, 0.6) is 0 Å². The van der Waals surface area contributed by atoms with Gasteiger partial charge >= 0.3 is 5.97 Å². The largest absolute Gasteiger partial charge is 0.454 e. The normalized spacial score (nSPS) is 10.4. The highest BCUT2D eigenvalue weighted by Gasteiger charge is 2.12. The topological polar surface area (TPSA) is 72.5 Å². The van der Waals surface area contributed by atoms with Crippen LogP contribution in [0, 0.1) is 5.92 Å². The van der Waals surface area contributed by atoms with Crippen molar-refractivity contribution in [1.29, 1.82) is 0 Å². The summed E-state index contributed by atoms with van der Waals surface area (Å²) in [7, 11) is 0. The van der Waals surface area contributed by atoms with Gasteiger partial charge in [0.1, 0.15) is 0 Å². The first kappa shape index (κ1) is 18.7. The number of hydrogen-bond acceptors (Lipinski definition) is 4. The van der Waals surface area contributed by atoms with E-state index in [4.69, 9.17) is 16.3 Å². The van der Waals surface area contributed by atoms with Gasteiger partial charge in [-0.25, -0.2) is 4.79 Å². The Morgan fingerprint density at radius 2 is 1.52 bits per heavy atom. The molecule has 0 aliphatic heterocycles. The summed E-state index contributed by atoms with van der Waals surface area (Å²) in [6.07, 6.45) is 0. The summed E-state index contributed by atoms with van der Waals surface area (Å²) >= 11 is 5.75. The predicted molar refractivity (Wildman–Crippen MR) is 96.0 cm³/mol. The van der Waals surface area contributed by atoms with E-state index in [1.807, 2.05) is 0 Å². The number of benzene rings is 2. The lowest BCUT2D eigenvalue weighted by Gasteiger charge is -2.08. The van der Waals surface area contributed by atoms with E-state index in [1.54, 1.807) is 50.2 Å². The summed E-state index contributed by atoms with van der Waals surface area (Å²) < 4.78 is 5.01. The third-order valence-corrected chi connectivity index (χ3v) is 3.67. The van der Waals surface area contributed by atoms with Crippen LogP contribution in [0.3, 0.4) is 0 Å². The van der Waals surface area contributed by atoms with Crippen molar-refractivity contribution in [2.75, 3.05) is 11.9 Å². The number of halogens is 1. The molecular formula is C19H18ClNO4. The average Bonchev–Trinajstić information content (AvgIpc) is 2.60. The first-order chi connectivity index (χ1) is 11.9. The van der Waals surface area contributed by atoms with Gasteiger partial charge in [-0.15, -0.1) is 0 Å². The minimum absolute atomic E-state index is 0.101. The molecule has 130 valence electrons. The maximum atomic E-state index is 12.1. The van der Waals surface area contributed by atoms with E-state index < -0.39 is 5.97 Å². The van der Waals surface area contributed by atoms with Crippen LogP contribution in [0.2, 0.25) is 5.02 Å². The Bertz CT molecular complexity index is 767. The molecule has 0 saturated carbocycles. The van der Waals surface area contributed by atoms with Gasteiger partial charge in [-0.3, -0.25) is 9.59 Å². The highest BCUT2D eigenvalue weighted by atomic mass is 35.5. The van der Waals surface area contributed by atoms with Crippen LogP contribution in [-0.2, 0) is 9.53 Å². The lowest BCUT2D eigenvalue weighted by molar-refractivity contribution is -0.118. The summed E-state index contributed by atoms with van der Waals surface area (Å²) in [6, 6.07) is 12.6. The van der Waals surface area contributed by atoms with Crippen LogP contribution in [0.4, 0.5) is 5.69 Å². The summed E-state index contributed by atoms with van der Waals surface area (Å²) in [5.41, 5.74) is 1.32. The number of nitrogens with one attached hydrogen (secondary N) is 1. The molecule has 2 aromatic carbocycles. The second kappa shape index (κ2) is 8.44. The van der Waals surface area contributed by atoms with Crippen LogP contribution >= 0.6 is 11.6 Å². The first-order valence-electron chi connectivity index (χ1n) is 7.73. The molecule has 0 heterocycles. The van der Waals surface area contributed by atoms with Gasteiger partial charge in [-0.1, -0.05) is 25.4 Å². The first-order valence-corrected chi connectivity index (χ1v) is 8.11. The van der Waals surface area contributed by atoms with E-state index in [1.165, 1.54) is 12.1 Å². The molecule has 5 nitrogen and oxygen atoms in total. The lowest BCUT2D eigenvalue weighted by Crippen LogP contribution is -2.18. The van der Waals surface area contributed by atoms with Crippen LogP contribution in [-0.4, -0.2) is 24.3 Å². The number of carbonyl (C=O) groups is 3. The Kier molecular flexibility index (Phi) is 6.31.